The number of halogens is 1. The van der Waals surface area contributed by atoms with Crippen LogP contribution in [0.15, 0.2) is 24.3 Å². The molecule has 0 fully saturated rings. The number of thiophene rings is 1. The predicted octanol–water partition coefficient (Wildman–Crippen LogP) is 4.82. The Labute approximate surface area is 122 Å². The number of aryl methyl sites for hydroxylation is 2. The topological polar surface area (TPSA) is 21.3 Å². The van der Waals surface area contributed by atoms with Gasteiger partial charge in [0.1, 0.15) is 5.75 Å². The molecule has 0 bridgehead atoms. The first-order chi connectivity index (χ1) is 9.17. The maximum absolute atomic E-state index is 6.09. The Morgan fingerprint density at radius 3 is 2.95 bits per heavy atom. The zero-order valence-corrected chi connectivity index (χ0v) is 12.6. The minimum atomic E-state index is 0.381. The van der Waals surface area contributed by atoms with Crippen LogP contribution < -0.4 is 10.1 Å². The lowest BCUT2D eigenvalue weighted by Crippen LogP contribution is -2.06. The second kappa shape index (κ2) is 5.06. The van der Waals surface area contributed by atoms with Crippen molar-refractivity contribution in [3.05, 3.63) is 44.6 Å². The number of ether oxygens (including phenoxy) is 1. The summed E-state index contributed by atoms with van der Waals surface area (Å²) in [5, 5.41) is 3.59. The number of hydrogen-bond donors (Lipinski definition) is 1. The average molecular weight is 294 g/mol. The van der Waals surface area contributed by atoms with E-state index in [1.54, 1.807) is 18.4 Å². The van der Waals surface area contributed by atoms with Gasteiger partial charge in [-0.05, 0) is 55.2 Å². The Kier molecular flexibility index (Phi) is 3.42. The van der Waals surface area contributed by atoms with Crippen molar-refractivity contribution < 1.29 is 4.74 Å². The second-order valence-corrected chi connectivity index (χ2v) is 6.62. The Hall–Kier alpha value is -1.19. The Morgan fingerprint density at radius 2 is 2.21 bits per heavy atom. The molecular formula is C15H16ClNOS. The van der Waals surface area contributed by atoms with Crippen molar-refractivity contribution in [2.45, 2.75) is 25.8 Å². The van der Waals surface area contributed by atoms with Crippen LogP contribution in [0.1, 0.15) is 28.5 Å². The summed E-state index contributed by atoms with van der Waals surface area (Å²) in [6.07, 6.45) is 2.27. The summed E-state index contributed by atoms with van der Waals surface area (Å²) in [5.41, 5.74) is 3.65. The number of rotatable bonds is 3. The van der Waals surface area contributed by atoms with E-state index in [0.717, 1.165) is 34.2 Å². The number of anilines is 1. The van der Waals surface area contributed by atoms with Gasteiger partial charge in [-0.3, -0.25) is 0 Å². The van der Waals surface area contributed by atoms with Gasteiger partial charge in [0, 0.05) is 10.6 Å². The largest absolute Gasteiger partial charge is 0.496 e. The normalized spacial score (nSPS) is 17.3. The molecular weight excluding hydrogens is 278 g/mol. The fraction of sp³-hybridized carbons (Fsp3) is 0.333. The molecule has 100 valence electrons. The van der Waals surface area contributed by atoms with Gasteiger partial charge in [0.05, 0.1) is 17.5 Å². The lowest BCUT2D eigenvalue weighted by molar-refractivity contribution is 0.412. The van der Waals surface area contributed by atoms with Gasteiger partial charge in [-0.2, -0.15) is 0 Å². The fourth-order valence-electron chi connectivity index (χ4n) is 2.65. The van der Waals surface area contributed by atoms with Gasteiger partial charge in [-0.1, -0.05) is 11.6 Å². The standard InChI is InChI=1S/C15H16ClNOS/c1-9-7-10(3-5-13(9)18-2)17-12-4-6-14-11(12)8-15(16)19-14/h3,5,7-8,12,17H,4,6H2,1-2H3. The smallest absolute Gasteiger partial charge is 0.121 e. The van der Waals surface area contributed by atoms with Crippen molar-refractivity contribution in [1.29, 1.82) is 0 Å². The van der Waals surface area contributed by atoms with Gasteiger partial charge in [0.15, 0.2) is 0 Å². The molecule has 1 N–H and O–H groups in total. The molecule has 3 rings (SSSR count). The van der Waals surface area contributed by atoms with Gasteiger partial charge < -0.3 is 10.1 Å². The van der Waals surface area contributed by atoms with Crippen LogP contribution in [-0.2, 0) is 6.42 Å². The van der Waals surface area contributed by atoms with Gasteiger partial charge in [-0.25, -0.2) is 0 Å². The molecule has 1 heterocycles. The van der Waals surface area contributed by atoms with Crippen molar-refractivity contribution in [2.75, 3.05) is 12.4 Å². The highest BCUT2D eigenvalue weighted by Crippen LogP contribution is 2.41. The zero-order chi connectivity index (χ0) is 13.4. The molecule has 1 aromatic heterocycles. The van der Waals surface area contributed by atoms with Crippen molar-refractivity contribution in [2.24, 2.45) is 0 Å². The minimum Gasteiger partial charge on any atom is -0.496 e. The van der Waals surface area contributed by atoms with E-state index in [4.69, 9.17) is 16.3 Å². The molecule has 0 amide bonds. The maximum atomic E-state index is 6.09. The van der Waals surface area contributed by atoms with Crippen LogP contribution in [0.4, 0.5) is 5.69 Å². The first-order valence-electron chi connectivity index (χ1n) is 6.36. The van der Waals surface area contributed by atoms with Crippen molar-refractivity contribution in [3.8, 4) is 5.75 Å². The molecule has 1 aliphatic rings. The average Bonchev–Trinajstić information content (AvgIpc) is 2.90. The number of hydrogen-bond acceptors (Lipinski definition) is 3. The zero-order valence-electron chi connectivity index (χ0n) is 11.0. The molecule has 4 heteroatoms. The molecule has 0 saturated heterocycles. The highest BCUT2D eigenvalue weighted by molar-refractivity contribution is 7.16. The summed E-state index contributed by atoms with van der Waals surface area (Å²) in [5.74, 6) is 0.927. The van der Waals surface area contributed by atoms with Crippen molar-refractivity contribution >= 4 is 28.6 Å². The van der Waals surface area contributed by atoms with Crippen LogP contribution >= 0.6 is 22.9 Å². The molecule has 19 heavy (non-hydrogen) atoms. The maximum Gasteiger partial charge on any atom is 0.121 e. The summed E-state index contributed by atoms with van der Waals surface area (Å²) in [6.45, 7) is 2.06. The predicted molar refractivity (Wildman–Crippen MR) is 81.7 cm³/mol. The lowest BCUT2D eigenvalue weighted by Gasteiger charge is -2.16. The van der Waals surface area contributed by atoms with Crippen LogP contribution in [0, 0.1) is 6.92 Å². The molecule has 0 aliphatic heterocycles. The summed E-state index contributed by atoms with van der Waals surface area (Å²) in [6, 6.07) is 8.69. The molecule has 0 saturated carbocycles. The summed E-state index contributed by atoms with van der Waals surface area (Å²) in [7, 11) is 1.70. The summed E-state index contributed by atoms with van der Waals surface area (Å²) in [4.78, 5) is 1.42. The first-order valence-corrected chi connectivity index (χ1v) is 7.56. The monoisotopic (exact) mass is 293 g/mol. The number of benzene rings is 1. The minimum absolute atomic E-state index is 0.381. The van der Waals surface area contributed by atoms with E-state index in [-0.39, 0.29) is 0 Å². The van der Waals surface area contributed by atoms with E-state index in [2.05, 4.69) is 30.4 Å². The van der Waals surface area contributed by atoms with E-state index < -0.39 is 0 Å². The highest BCUT2D eigenvalue weighted by Gasteiger charge is 2.24. The molecule has 1 unspecified atom stereocenters. The van der Waals surface area contributed by atoms with Crippen molar-refractivity contribution in [3.63, 3.8) is 0 Å². The van der Waals surface area contributed by atoms with E-state index in [0.29, 0.717) is 6.04 Å². The molecule has 1 aromatic carbocycles. The highest BCUT2D eigenvalue weighted by atomic mass is 35.5. The molecule has 2 aromatic rings. The fourth-order valence-corrected chi connectivity index (χ4v) is 4.01. The van der Waals surface area contributed by atoms with Crippen LogP contribution in [0.2, 0.25) is 4.34 Å². The third kappa shape index (κ3) is 2.45. The Balaban J connectivity index is 1.81. The third-order valence-corrected chi connectivity index (χ3v) is 4.92. The molecule has 1 aliphatic carbocycles. The van der Waals surface area contributed by atoms with E-state index in [1.807, 2.05) is 6.07 Å². The van der Waals surface area contributed by atoms with Crippen LogP contribution in [0.25, 0.3) is 0 Å². The SMILES string of the molecule is COc1ccc(NC2CCc3sc(Cl)cc32)cc1C. The number of methoxy groups -OCH3 is 1. The number of fused-ring (bicyclic) bond motifs is 1. The van der Waals surface area contributed by atoms with Crippen LogP contribution in [0.5, 0.6) is 5.75 Å². The summed E-state index contributed by atoms with van der Waals surface area (Å²) < 4.78 is 6.18. The van der Waals surface area contributed by atoms with Crippen LogP contribution in [0.3, 0.4) is 0 Å². The van der Waals surface area contributed by atoms with Crippen LogP contribution in [-0.4, -0.2) is 7.11 Å². The second-order valence-electron chi connectivity index (χ2n) is 4.85. The van der Waals surface area contributed by atoms with E-state index in [1.165, 1.54) is 10.4 Å². The quantitative estimate of drug-likeness (QED) is 0.876. The molecule has 1 atom stereocenters. The van der Waals surface area contributed by atoms with Gasteiger partial charge in [0.2, 0.25) is 0 Å². The summed E-state index contributed by atoms with van der Waals surface area (Å²) >= 11 is 7.79. The molecule has 2 nitrogen and oxygen atoms in total. The van der Waals surface area contributed by atoms with Gasteiger partial charge >= 0.3 is 0 Å². The molecule has 0 radical (unpaired) electrons. The molecule has 0 spiro atoms. The third-order valence-electron chi connectivity index (χ3n) is 3.58. The Morgan fingerprint density at radius 1 is 1.37 bits per heavy atom. The van der Waals surface area contributed by atoms with E-state index in [9.17, 15) is 0 Å². The first kappa shape index (κ1) is 12.8. The number of nitrogens with one attached hydrogen (secondary N) is 1. The van der Waals surface area contributed by atoms with Gasteiger partial charge in [-0.15, -0.1) is 11.3 Å². The lowest BCUT2D eigenvalue weighted by atomic mass is 10.1. The van der Waals surface area contributed by atoms with Gasteiger partial charge in [0.25, 0.3) is 0 Å². The Bertz CT molecular complexity index is 608. The van der Waals surface area contributed by atoms with Crippen molar-refractivity contribution in [1.82, 2.24) is 0 Å². The van der Waals surface area contributed by atoms with E-state index >= 15 is 0 Å².